The molecule has 0 bridgehead atoms. The van der Waals surface area contributed by atoms with Gasteiger partial charge in [0.05, 0.1) is 12.6 Å². The fourth-order valence-electron chi connectivity index (χ4n) is 2.12. The molecule has 6 nitrogen and oxygen atoms in total. The summed E-state index contributed by atoms with van der Waals surface area (Å²) in [5.74, 6) is -0.636. The number of rotatable bonds is 6. The average molecular weight is 336 g/mol. The van der Waals surface area contributed by atoms with E-state index in [9.17, 15) is 14.7 Å². The normalized spacial score (nSPS) is 14.0. The summed E-state index contributed by atoms with van der Waals surface area (Å²) in [5.41, 5.74) is 0.335. The summed E-state index contributed by atoms with van der Waals surface area (Å²) >= 11 is 0. The zero-order chi connectivity index (χ0) is 18.3. The van der Waals surface area contributed by atoms with Crippen molar-refractivity contribution in [3.63, 3.8) is 0 Å². The third-order valence-corrected chi connectivity index (χ3v) is 3.28. The van der Waals surface area contributed by atoms with E-state index in [1.54, 1.807) is 13.8 Å². The Balaban J connectivity index is 2.77. The zero-order valence-corrected chi connectivity index (χ0v) is 15.0. The van der Waals surface area contributed by atoms with Gasteiger partial charge in [0.1, 0.15) is 0 Å². The lowest BCUT2D eigenvalue weighted by Crippen LogP contribution is -2.48. The summed E-state index contributed by atoms with van der Waals surface area (Å²) in [6.07, 6.45) is -1.58. The van der Waals surface area contributed by atoms with Crippen LogP contribution in [-0.2, 0) is 9.53 Å². The van der Waals surface area contributed by atoms with Crippen molar-refractivity contribution in [1.29, 1.82) is 0 Å². The second-order valence-corrected chi connectivity index (χ2v) is 7.10. The molecule has 0 radical (unpaired) electrons. The van der Waals surface area contributed by atoms with E-state index in [-0.39, 0.29) is 12.5 Å². The van der Waals surface area contributed by atoms with Crippen molar-refractivity contribution < 1.29 is 19.4 Å². The lowest BCUT2D eigenvalue weighted by molar-refractivity contribution is -0.132. The number of carbonyl (C=O) groups is 2. The first-order valence-corrected chi connectivity index (χ1v) is 8.09. The highest BCUT2D eigenvalue weighted by atomic mass is 16.6. The Kier molecular flexibility index (Phi) is 7.22. The van der Waals surface area contributed by atoms with E-state index in [0.717, 1.165) is 5.56 Å². The quantitative estimate of drug-likeness (QED) is 0.744. The highest BCUT2D eigenvalue weighted by Gasteiger charge is 2.29. The van der Waals surface area contributed by atoms with Crippen LogP contribution < -0.4 is 10.6 Å². The van der Waals surface area contributed by atoms with Crippen LogP contribution in [0.15, 0.2) is 30.3 Å². The van der Waals surface area contributed by atoms with Gasteiger partial charge in [-0.1, -0.05) is 44.2 Å². The predicted octanol–water partition coefficient (Wildman–Crippen LogP) is 2.39. The van der Waals surface area contributed by atoms with Gasteiger partial charge >= 0.3 is 6.09 Å². The molecule has 0 aliphatic rings. The van der Waals surface area contributed by atoms with Crippen LogP contribution in [0, 0.1) is 5.92 Å². The molecule has 1 rings (SSSR count). The van der Waals surface area contributed by atoms with Gasteiger partial charge in [-0.25, -0.2) is 4.79 Å². The second kappa shape index (κ2) is 8.68. The topological polar surface area (TPSA) is 87.7 Å². The standard InChI is InChI=1S/C18H28N2O4/c1-12(2)15(24-17(23)20-18(3,4)5)16(22)19-14(11-21)13-9-7-6-8-10-13/h6-10,12,14-15,21H,11H2,1-5H3,(H,19,22)(H,20,23). The smallest absolute Gasteiger partial charge is 0.408 e. The largest absolute Gasteiger partial charge is 0.436 e. The van der Waals surface area contributed by atoms with E-state index in [0.29, 0.717) is 0 Å². The minimum atomic E-state index is -0.940. The number of ether oxygens (including phenoxy) is 1. The fourth-order valence-corrected chi connectivity index (χ4v) is 2.12. The fraction of sp³-hybridized carbons (Fsp3) is 0.556. The monoisotopic (exact) mass is 336 g/mol. The van der Waals surface area contributed by atoms with Crippen LogP contribution in [0.2, 0.25) is 0 Å². The number of alkyl carbamates (subject to hydrolysis) is 1. The van der Waals surface area contributed by atoms with Gasteiger partial charge in [-0.2, -0.15) is 0 Å². The van der Waals surface area contributed by atoms with Crippen LogP contribution in [0.25, 0.3) is 0 Å². The molecule has 0 saturated heterocycles. The molecular weight excluding hydrogens is 308 g/mol. The van der Waals surface area contributed by atoms with E-state index in [2.05, 4.69) is 10.6 Å². The third kappa shape index (κ3) is 6.58. The molecule has 2 unspecified atom stereocenters. The Morgan fingerprint density at radius 1 is 1.17 bits per heavy atom. The molecule has 3 N–H and O–H groups in total. The first-order chi connectivity index (χ1) is 11.1. The number of carbonyl (C=O) groups excluding carboxylic acids is 2. The van der Waals surface area contributed by atoms with E-state index in [4.69, 9.17) is 4.74 Å². The molecule has 1 aromatic rings. The van der Waals surface area contributed by atoms with Crippen molar-refractivity contribution in [2.45, 2.75) is 52.3 Å². The molecule has 134 valence electrons. The summed E-state index contributed by atoms with van der Waals surface area (Å²) in [6.45, 7) is 8.84. The predicted molar refractivity (Wildman–Crippen MR) is 92.4 cm³/mol. The SMILES string of the molecule is CC(C)C(OC(=O)NC(C)(C)C)C(=O)NC(CO)c1ccccc1. The van der Waals surface area contributed by atoms with Crippen molar-refractivity contribution in [3.8, 4) is 0 Å². The summed E-state index contributed by atoms with van der Waals surface area (Å²) in [7, 11) is 0. The number of hydrogen-bond donors (Lipinski definition) is 3. The van der Waals surface area contributed by atoms with Crippen LogP contribution in [0.1, 0.15) is 46.2 Å². The van der Waals surface area contributed by atoms with Gasteiger partial charge in [0.15, 0.2) is 6.10 Å². The van der Waals surface area contributed by atoms with Gasteiger partial charge in [-0.3, -0.25) is 4.79 Å². The molecule has 0 saturated carbocycles. The minimum Gasteiger partial charge on any atom is -0.436 e. The first kappa shape index (κ1) is 20.0. The van der Waals surface area contributed by atoms with E-state index in [1.165, 1.54) is 0 Å². The van der Waals surface area contributed by atoms with Gasteiger partial charge in [0.2, 0.25) is 0 Å². The molecule has 0 aromatic heterocycles. The number of amides is 2. The maximum Gasteiger partial charge on any atom is 0.408 e. The van der Waals surface area contributed by atoms with Gasteiger partial charge < -0.3 is 20.5 Å². The lowest BCUT2D eigenvalue weighted by Gasteiger charge is -2.26. The number of aliphatic hydroxyl groups excluding tert-OH is 1. The Morgan fingerprint density at radius 2 is 1.75 bits per heavy atom. The molecular formula is C18H28N2O4. The Morgan fingerprint density at radius 3 is 2.21 bits per heavy atom. The maximum atomic E-state index is 12.5. The van der Waals surface area contributed by atoms with E-state index < -0.39 is 29.7 Å². The van der Waals surface area contributed by atoms with Gasteiger partial charge in [0, 0.05) is 5.54 Å². The first-order valence-electron chi connectivity index (χ1n) is 8.09. The van der Waals surface area contributed by atoms with Crippen molar-refractivity contribution in [3.05, 3.63) is 35.9 Å². The van der Waals surface area contributed by atoms with Gasteiger partial charge in [0.25, 0.3) is 5.91 Å². The summed E-state index contributed by atoms with van der Waals surface area (Å²) < 4.78 is 5.29. The van der Waals surface area contributed by atoms with Crippen molar-refractivity contribution in [1.82, 2.24) is 10.6 Å². The summed E-state index contributed by atoms with van der Waals surface area (Å²) in [4.78, 5) is 24.4. The minimum absolute atomic E-state index is 0.203. The number of benzene rings is 1. The number of hydrogen-bond acceptors (Lipinski definition) is 4. The highest BCUT2D eigenvalue weighted by Crippen LogP contribution is 2.15. The molecule has 0 aliphatic heterocycles. The number of nitrogens with one attached hydrogen (secondary N) is 2. The Labute approximate surface area is 143 Å². The zero-order valence-electron chi connectivity index (χ0n) is 15.0. The van der Waals surface area contributed by atoms with Crippen LogP contribution in [-0.4, -0.2) is 35.4 Å². The van der Waals surface area contributed by atoms with Crippen LogP contribution in [0.3, 0.4) is 0 Å². The lowest BCUT2D eigenvalue weighted by atomic mass is 10.0. The molecule has 0 spiro atoms. The van der Waals surface area contributed by atoms with Gasteiger partial charge in [-0.15, -0.1) is 0 Å². The molecule has 6 heteroatoms. The molecule has 0 aliphatic carbocycles. The highest BCUT2D eigenvalue weighted by molar-refractivity contribution is 5.84. The molecule has 0 fully saturated rings. The van der Waals surface area contributed by atoms with Crippen LogP contribution >= 0.6 is 0 Å². The van der Waals surface area contributed by atoms with E-state index in [1.807, 2.05) is 51.1 Å². The second-order valence-electron chi connectivity index (χ2n) is 7.10. The van der Waals surface area contributed by atoms with Gasteiger partial charge in [-0.05, 0) is 32.3 Å². The van der Waals surface area contributed by atoms with Crippen molar-refractivity contribution >= 4 is 12.0 Å². The van der Waals surface area contributed by atoms with E-state index >= 15 is 0 Å². The Hall–Kier alpha value is -2.08. The summed E-state index contributed by atoms with van der Waals surface area (Å²) in [6, 6.07) is 8.61. The molecule has 24 heavy (non-hydrogen) atoms. The Bertz CT molecular complexity index is 538. The molecule has 2 amide bonds. The number of aliphatic hydroxyl groups is 1. The van der Waals surface area contributed by atoms with Crippen LogP contribution in [0.5, 0.6) is 0 Å². The average Bonchev–Trinajstić information content (AvgIpc) is 2.48. The third-order valence-electron chi connectivity index (χ3n) is 3.28. The maximum absolute atomic E-state index is 12.5. The van der Waals surface area contributed by atoms with Crippen molar-refractivity contribution in [2.24, 2.45) is 5.92 Å². The molecule has 1 aromatic carbocycles. The summed E-state index contributed by atoms with van der Waals surface area (Å²) in [5, 5.41) is 15.0. The van der Waals surface area contributed by atoms with Crippen LogP contribution in [0.4, 0.5) is 4.79 Å². The van der Waals surface area contributed by atoms with Crippen molar-refractivity contribution in [2.75, 3.05) is 6.61 Å². The molecule has 0 heterocycles. The molecule has 2 atom stereocenters.